The van der Waals surface area contributed by atoms with Crippen molar-refractivity contribution in [3.63, 3.8) is 0 Å². The number of allylic oxidation sites excluding steroid dienone is 4. The van der Waals surface area contributed by atoms with Gasteiger partial charge < -0.3 is 19.0 Å². The van der Waals surface area contributed by atoms with Crippen LogP contribution >= 0.6 is 11.8 Å². The van der Waals surface area contributed by atoms with Crippen LogP contribution in [0.1, 0.15) is 43.9 Å². The maximum Gasteiger partial charge on any atom is 0.354 e. The van der Waals surface area contributed by atoms with Crippen LogP contribution in [0.2, 0.25) is 0 Å². The first-order valence-electron chi connectivity index (χ1n) is 9.77. The first-order chi connectivity index (χ1) is 14.5. The van der Waals surface area contributed by atoms with Crippen molar-refractivity contribution in [2.24, 2.45) is 0 Å². The van der Waals surface area contributed by atoms with Gasteiger partial charge in [0, 0.05) is 11.0 Å². The Morgan fingerprint density at radius 1 is 1.13 bits per heavy atom. The molecule has 6 heteroatoms. The third-order valence-electron chi connectivity index (χ3n) is 4.78. The molecule has 0 saturated heterocycles. The third-order valence-corrected chi connectivity index (χ3v) is 5.96. The number of ether oxygens (including phenoxy) is 2. The van der Waals surface area contributed by atoms with Crippen LogP contribution in [0.5, 0.6) is 5.75 Å². The van der Waals surface area contributed by atoms with Gasteiger partial charge in [0.15, 0.2) is 11.5 Å². The predicted octanol–water partition coefficient (Wildman–Crippen LogP) is 6.08. The highest BCUT2D eigenvalue weighted by Gasteiger charge is 2.22. The van der Waals surface area contributed by atoms with E-state index < -0.39 is 5.63 Å². The third kappa shape index (κ3) is 4.24. The SMILES string of the molecule is CC(C)c1ccccc1Sc1c(O)cc(C2=COC=C(C3=CC=CCC3)O2)oc1=O. The lowest BCUT2D eigenvalue weighted by molar-refractivity contribution is 0.273. The molecule has 1 N–H and O–H groups in total. The van der Waals surface area contributed by atoms with Gasteiger partial charge in [-0.05, 0) is 36.0 Å². The van der Waals surface area contributed by atoms with Crippen molar-refractivity contribution < 1.29 is 19.0 Å². The molecular weight excluding hydrogens is 400 g/mol. The summed E-state index contributed by atoms with van der Waals surface area (Å²) in [6.45, 7) is 4.17. The average Bonchev–Trinajstić information content (AvgIpc) is 2.77. The summed E-state index contributed by atoms with van der Waals surface area (Å²) >= 11 is 1.20. The van der Waals surface area contributed by atoms with Crippen LogP contribution in [-0.2, 0) is 9.47 Å². The van der Waals surface area contributed by atoms with Gasteiger partial charge >= 0.3 is 5.63 Å². The van der Waals surface area contributed by atoms with Crippen LogP contribution in [0.15, 0.2) is 91.4 Å². The first-order valence-corrected chi connectivity index (χ1v) is 10.6. The molecule has 0 saturated carbocycles. The fraction of sp³-hybridized carbons (Fsp3) is 0.208. The molecule has 0 bridgehead atoms. The molecule has 1 aromatic heterocycles. The predicted molar refractivity (Wildman–Crippen MR) is 116 cm³/mol. The van der Waals surface area contributed by atoms with E-state index in [-0.39, 0.29) is 28.1 Å². The van der Waals surface area contributed by atoms with E-state index in [1.807, 2.05) is 36.4 Å². The zero-order valence-electron chi connectivity index (χ0n) is 16.8. The molecule has 2 aromatic rings. The van der Waals surface area contributed by atoms with Crippen molar-refractivity contribution in [1.82, 2.24) is 0 Å². The Balaban J connectivity index is 1.59. The zero-order valence-corrected chi connectivity index (χ0v) is 17.6. The van der Waals surface area contributed by atoms with Crippen molar-refractivity contribution in [3.05, 3.63) is 94.2 Å². The molecule has 1 aliphatic carbocycles. The van der Waals surface area contributed by atoms with Gasteiger partial charge in [0.1, 0.15) is 23.2 Å². The molecule has 0 spiro atoms. The van der Waals surface area contributed by atoms with E-state index in [9.17, 15) is 9.90 Å². The average molecular weight is 423 g/mol. The molecule has 2 aliphatic rings. The molecule has 5 nitrogen and oxygen atoms in total. The number of rotatable bonds is 5. The molecule has 154 valence electrons. The fourth-order valence-electron chi connectivity index (χ4n) is 3.23. The van der Waals surface area contributed by atoms with E-state index in [0.717, 1.165) is 28.9 Å². The largest absolute Gasteiger partial charge is 0.506 e. The number of hydrogen-bond acceptors (Lipinski definition) is 6. The topological polar surface area (TPSA) is 68.9 Å². The summed E-state index contributed by atoms with van der Waals surface area (Å²) in [7, 11) is 0. The van der Waals surface area contributed by atoms with Crippen LogP contribution in [0, 0.1) is 0 Å². The van der Waals surface area contributed by atoms with E-state index in [2.05, 4.69) is 19.9 Å². The lowest BCUT2D eigenvalue weighted by atomic mass is 10.0. The standard InChI is InChI=1S/C24H22O5S/c1-15(2)17-10-6-7-11-22(17)30-23-18(25)12-19(29-24(23)26)21-14-27-13-20(28-21)16-8-4-3-5-9-16/h3-4,6-8,10-15,25H,5,9H2,1-2H3. The molecule has 0 atom stereocenters. The minimum atomic E-state index is -0.631. The Labute approximate surface area is 179 Å². The Kier molecular flexibility index (Phi) is 5.86. The summed E-state index contributed by atoms with van der Waals surface area (Å²) in [5.74, 6) is 1.02. The highest BCUT2D eigenvalue weighted by Crippen LogP contribution is 2.38. The summed E-state index contributed by atoms with van der Waals surface area (Å²) < 4.78 is 16.7. The van der Waals surface area contributed by atoms with Crippen LogP contribution in [0.3, 0.4) is 0 Å². The smallest absolute Gasteiger partial charge is 0.354 e. The van der Waals surface area contributed by atoms with Crippen molar-refractivity contribution in [1.29, 1.82) is 0 Å². The summed E-state index contributed by atoms with van der Waals surface area (Å²) in [4.78, 5) is 13.7. The van der Waals surface area contributed by atoms with E-state index in [1.165, 1.54) is 30.4 Å². The summed E-state index contributed by atoms with van der Waals surface area (Å²) in [6.07, 6.45) is 10.6. The second-order valence-electron chi connectivity index (χ2n) is 7.27. The maximum absolute atomic E-state index is 12.7. The molecule has 2 heterocycles. The summed E-state index contributed by atoms with van der Waals surface area (Å²) in [5.41, 5.74) is 1.46. The molecule has 1 aliphatic heterocycles. The van der Waals surface area contributed by atoms with Gasteiger partial charge in [-0.25, -0.2) is 4.79 Å². The molecule has 0 unspecified atom stereocenters. The second-order valence-corrected chi connectivity index (χ2v) is 8.32. The van der Waals surface area contributed by atoms with Gasteiger partial charge in [-0.1, -0.05) is 62.0 Å². The van der Waals surface area contributed by atoms with Crippen molar-refractivity contribution in [3.8, 4) is 5.75 Å². The number of hydrogen-bond donors (Lipinski definition) is 1. The Bertz CT molecular complexity index is 1130. The number of aromatic hydroxyl groups is 1. The zero-order chi connectivity index (χ0) is 21.1. The summed E-state index contributed by atoms with van der Waals surface area (Å²) in [5, 5.41) is 10.6. The van der Waals surface area contributed by atoms with Crippen LogP contribution < -0.4 is 5.63 Å². The van der Waals surface area contributed by atoms with Crippen LogP contribution in [0.25, 0.3) is 5.76 Å². The van der Waals surface area contributed by atoms with Crippen LogP contribution in [-0.4, -0.2) is 5.11 Å². The van der Waals surface area contributed by atoms with Gasteiger partial charge in [0.25, 0.3) is 0 Å². The molecule has 1 aromatic carbocycles. The second kappa shape index (κ2) is 8.71. The van der Waals surface area contributed by atoms with Crippen molar-refractivity contribution >= 4 is 17.5 Å². The molecule has 30 heavy (non-hydrogen) atoms. The highest BCUT2D eigenvalue weighted by molar-refractivity contribution is 7.99. The van der Waals surface area contributed by atoms with Crippen molar-refractivity contribution in [2.45, 2.75) is 42.4 Å². The van der Waals surface area contributed by atoms with Gasteiger partial charge in [0.05, 0.1) is 0 Å². The highest BCUT2D eigenvalue weighted by atomic mass is 32.2. The number of benzene rings is 1. The Hall–Kier alpha value is -3.12. The first kappa shape index (κ1) is 20.2. The quantitative estimate of drug-likeness (QED) is 0.629. The molecule has 0 amide bonds. The van der Waals surface area contributed by atoms with Gasteiger partial charge in [0.2, 0.25) is 5.76 Å². The van der Waals surface area contributed by atoms with Gasteiger partial charge in [-0.3, -0.25) is 0 Å². The molecule has 0 fully saturated rings. The minimum Gasteiger partial charge on any atom is -0.506 e. The Morgan fingerprint density at radius 3 is 2.67 bits per heavy atom. The molecule has 4 rings (SSSR count). The Morgan fingerprint density at radius 2 is 1.93 bits per heavy atom. The van der Waals surface area contributed by atoms with E-state index in [4.69, 9.17) is 13.9 Å². The normalized spacial score (nSPS) is 15.8. The molecule has 0 radical (unpaired) electrons. The van der Waals surface area contributed by atoms with Crippen molar-refractivity contribution in [2.75, 3.05) is 0 Å². The van der Waals surface area contributed by atoms with Gasteiger partial charge in [-0.2, -0.15) is 0 Å². The maximum atomic E-state index is 12.7. The van der Waals surface area contributed by atoms with E-state index in [1.54, 1.807) is 0 Å². The fourth-order valence-corrected chi connectivity index (χ4v) is 4.30. The van der Waals surface area contributed by atoms with E-state index in [0.29, 0.717) is 5.76 Å². The monoisotopic (exact) mass is 422 g/mol. The molecular formula is C24H22O5S. The van der Waals surface area contributed by atoms with Gasteiger partial charge in [-0.15, -0.1) is 0 Å². The minimum absolute atomic E-state index is 0.108. The lowest BCUT2D eigenvalue weighted by Crippen LogP contribution is -2.08. The lowest BCUT2D eigenvalue weighted by Gasteiger charge is -2.19. The van der Waals surface area contributed by atoms with E-state index >= 15 is 0 Å². The van der Waals surface area contributed by atoms with Crippen LogP contribution in [0.4, 0.5) is 0 Å². The summed E-state index contributed by atoms with van der Waals surface area (Å²) in [6, 6.07) is 9.19.